The Morgan fingerprint density at radius 2 is 1.65 bits per heavy atom. The summed E-state index contributed by atoms with van der Waals surface area (Å²) < 4.78 is 2.18. The molecule has 1 aromatic heterocycles. The molecule has 1 unspecified atom stereocenters. The van der Waals surface area contributed by atoms with E-state index in [0.29, 0.717) is 0 Å². The summed E-state index contributed by atoms with van der Waals surface area (Å²) in [5.74, 6) is 0. The summed E-state index contributed by atoms with van der Waals surface area (Å²) in [6, 6.07) is 11.1. The molecule has 0 saturated heterocycles. The van der Waals surface area contributed by atoms with Crippen LogP contribution >= 0.6 is 43.2 Å². The van der Waals surface area contributed by atoms with Crippen LogP contribution in [0.4, 0.5) is 0 Å². The maximum Gasteiger partial charge on any atom is 0.0669 e. The third kappa shape index (κ3) is 3.73. The smallest absolute Gasteiger partial charge is 0.0669 e. The molecule has 2 aromatic rings. The van der Waals surface area contributed by atoms with Crippen molar-refractivity contribution in [1.82, 2.24) is 5.32 Å². The monoisotopic (exact) mass is 415 g/mol. The Balaban J connectivity index is 2.39. The molecule has 0 saturated carbocycles. The Bertz CT molecular complexity index is 579. The number of benzene rings is 1. The van der Waals surface area contributed by atoms with E-state index in [2.05, 4.69) is 88.3 Å². The number of halogens is 2. The van der Waals surface area contributed by atoms with E-state index < -0.39 is 0 Å². The zero-order valence-corrected chi connectivity index (χ0v) is 16.1. The Morgan fingerprint density at radius 1 is 1.05 bits per heavy atom. The molecule has 0 aliphatic heterocycles. The number of nitrogens with one attached hydrogen (secondary N) is 1. The molecule has 1 aromatic carbocycles. The van der Waals surface area contributed by atoms with Gasteiger partial charge in [-0.1, -0.05) is 52.6 Å². The van der Waals surface area contributed by atoms with E-state index in [1.165, 1.54) is 15.3 Å². The van der Waals surface area contributed by atoms with Gasteiger partial charge in [-0.05, 0) is 48.4 Å². The maximum absolute atomic E-state index is 3.57. The summed E-state index contributed by atoms with van der Waals surface area (Å²) in [5, 5.41) is 3.42. The Kier molecular flexibility index (Phi) is 5.11. The van der Waals surface area contributed by atoms with Crippen LogP contribution in [-0.2, 0) is 5.41 Å². The summed E-state index contributed by atoms with van der Waals surface area (Å²) in [7, 11) is 2.01. The van der Waals surface area contributed by atoms with Crippen LogP contribution < -0.4 is 5.32 Å². The van der Waals surface area contributed by atoms with Crippen LogP contribution in [0.2, 0.25) is 0 Å². The van der Waals surface area contributed by atoms with Crippen LogP contribution in [0, 0.1) is 0 Å². The molecule has 1 atom stereocenters. The first-order chi connectivity index (χ1) is 9.31. The van der Waals surface area contributed by atoms with Crippen LogP contribution in [0.5, 0.6) is 0 Å². The molecule has 0 radical (unpaired) electrons. The molecular formula is C16H19Br2NS. The summed E-state index contributed by atoms with van der Waals surface area (Å²) >= 11 is 9.02. The summed E-state index contributed by atoms with van der Waals surface area (Å²) in [4.78, 5) is 2.77. The second-order valence-corrected chi connectivity index (χ2v) is 8.82. The lowest BCUT2D eigenvalue weighted by Gasteiger charge is -2.18. The Labute approximate surface area is 142 Å². The van der Waals surface area contributed by atoms with Gasteiger partial charge in [-0.2, -0.15) is 0 Å². The highest BCUT2D eigenvalue weighted by Gasteiger charge is 2.20. The first-order valence-electron chi connectivity index (χ1n) is 6.54. The number of hydrogen-bond acceptors (Lipinski definition) is 2. The van der Waals surface area contributed by atoms with Crippen molar-refractivity contribution in [3.05, 3.63) is 54.6 Å². The van der Waals surface area contributed by atoms with Crippen LogP contribution in [-0.4, -0.2) is 7.05 Å². The van der Waals surface area contributed by atoms with Gasteiger partial charge >= 0.3 is 0 Å². The van der Waals surface area contributed by atoms with Crippen molar-refractivity contribution in [1.29, 1.82) is 0 Å². The molecule has 1 heterocycles. The van der Waals surface area contributed by atoms with E-state index in [4.69, 9.17) is 0 Å². The second kappa shape index (κ2) is 6.30. The zero-order chi connectivity index (χ0) is 14.9. The predicted molar refractivity (Wildman–Crippen MR) is 95.8 cm³/mol. The summed E-state index contributed by atoms with van der Waals surface area (Å²) in [5.41, 5.74) is 1.47. The lowest BCUT2D eigenvalue weighted by atomic mass is 9.95. The van der Waals surface area contributed by atoms with Crippen LogP contribution in [0.25, 0.3) is 0 Å². The van der Waals surface area contributed by atoms with Gasteiger partial charge < -0.3 is 5.32 Å². The van der Waals surface area contributed by atoms with Crippen molar-refractivity contribution in [2.45, 2.75) is 32.2 Å². The molecule has 1 N–H and O–H groups in total. The fourth-order valence-electron chi connectivity index (χ4n) is 2.13. The van der Waals surface area contributed by atoms with E-state index in [-0.39, 0.29) is 11.5 Å². The molecular weight excluding hydrogens is 398 g/mol. The van der Waals surface area contributed by atoms with Crippen LogP contribution in [0.1, 0.15) is 42.1 Å². The number of thiophene rings is 1. The first-order valence-corrected chi connectivity index (χ1v) is 8.95. The van der Waals surface area contributed by atoms with Gasteiger partial charge in [0, 0.05) is 18.7 Å². The number of hydrogen-bond donors (Lipinski definition) is 1. The Morgan fingerprint density at radius 3 is 2.10 bits per heavy atom. The standard InChI is InChI=1S/C16H19Br2NS/c1-16(2,3)14-6-5-13(20-14)15(19-4)10-7-11(17)9-12(18)8-10/h5-9,15,19H,1-4H3. The normalized spacial score (nSPS) is 13.5. The minimum absolute atomic E-state index is 0.207. The minimum atomic E-state index is 0.207. The van der Waals surface area contributed by atoms with Crippen molar-refractivity contribution in [3.63, 3.8) is 0 Å². The molecule has 0 aliphatic carbocycles. The van der Waals surface area contributed by atoms with Gasteiger partial charge in [0.15, 0.2) is 0 Å². The summed E-state index contributed by atoms with van der Waals surface area (Å²) in [6.07, 6.45) is 0. The molecule has 0 amide bonds. The second-order valence-electron chi connectivity index (χ2n) is 5.88. The topological polar surface area (TPSA) is 12.0 Å². The third-order valence-electron chi connectivity index (χ3n) is 3.16. The van der Waals surface area contributed by atoms with Crippen molar-refractivity contribution < 1.29 is 0 Å². The van der Waals surface area contributed by atoms with Crippen molar-refractivity contribution in [3.8, 4) is 0 Å². The maximum atomic E-state index is 3.57. The van der Waals surface area contributed by atoms with Crippen molar-refractivity contribution in [2.75, 3.05) is 7.05 Å². The van der Waals surface area contributed by atoms with Gasteiger partial charge in [0.2, 0.25) is 0 Å². The summed E-state index contributed by atoms with van der Waals surface area (Å²) in [6.45, 7) is 6.77. The molecule has 0 bridgehead atoms. The highest BCUT2D eigenvalue weighted by atomic mass is 79.9. The van der Waals surface area contributed by atoms with Gasteiger partial charge in [0.25, 0.3) is 0 Å². The average Bonchev–Trinajstić information content (AvgIpc) is 2.77. The van der Waals surface area contributed by atoms with Gasteiger partial charge in [-0.15, -0.1) is 11.3 Å². The van der Waals surface area contributed by atoms with Gasteiger partial charge in [0.1, 0.15) is 0 Å². The molecule has 0 aliphatic rings. The largest absolute Gasteiger partial charge is 0.309 e. The minimum Gasteiger partial charge on any atom is -0.309 e. The molecule has 0 fully saturated rings. The molecule has 4 heteroatoms. The van der Waals surface area contributed by atoms with E-state index in [1.807, 2.05) is 18.4 Å². The third-order valence-corrected chi connectivity index (χ3v) is 5.65. The van der Waals surface area contributed by atoms with Crippen LogP contribution in [0.15, 0.2) is 39.3 Å². The van der Waals surface area contributed by atoms with Crippen molar-refractivity contribution >= 4 is 43.2 Å². The molecule has 20 heavy (non-hydrogen) atoms. The predicted octanol–water partition coefficient (Wildman–Crippen LogP) is 5.88. The first kappa shape index (κ1) is 16.2. The van der Waals surface area contributed by atoms with Gasteiger partial charge in [0.05, 0.1) is 6.04 Å². The zero-order valence-electron chi connectivity index (χ0n) is 12.1. The SMILES string of the molecule is CNC(c1cc(Br)cc(Br)c1)c1ccc(C(C)(C)C)s1. The van der Waals surface area contributed by atoms with E-state index in [1.54, 1.807) is 0 Å². The molecule has 1 nitrogen and oxygen atoms in total. The molecule has 108 valence electrons. The van der Waals surface area contributed by atoms with Crippen molar-refractivity contribution in [2.24, 2.45) is 0 Å². The van der Waals surface area contributed by atoms with E-state index in [0.717, 1.165) is 8.95 Å². The highest BCUT2D eigenvalue weighted by Crippen LogP contribution is 2.35. The van der Waals surface area contributed by atoms with Gasteiger partial charge in [-0.3, -0.25) is 0 Å². The Hall–Kier alpha value is -0.160. The van der Waals surface area contributed by atoms with Gasteiger partial charge in [-0.25, -0.2) is 0 Å². The molecule has 2 rings (SSSR count). The molecule has 0 spiro atoms. The lowest BCUT2D eigenvalue weighted by Crippen LogP contribution is -2.16. The lowest BCUT2D eigenvalue weighted by molar-refractivity contribution is 0.604. The average molecular weight is 417 g/mol. The highest BCUT2D eigenvalue weighted by molar-refractivity contribution is 9.11. The van der Waals surface area contributed by atoms with E-state index >= 15 is 0 Å². The van der Waals surface area contributed by atoms with E-state index in [9.17, 15) is 0 Å². The van der Waals surface area contributed by atoms with Crippen LogP contribution in [0.3, 0.4) is 0 Å². The quantitative estimate of drug-likeness (QED) is 0.658. The fraction of sp³-hybridized carbons (Fsp3) is 0.375. The number of rotatable bonds is 3. The fourth-order valence-corrected chi connectivity index (χ4v) is 4.66.